The first-order valence-corrected chi connectivity index (χ1v) is 5.17. The molecule has 0 heterocycles. The van der Waals surface area contributed by atoms with Gasteiger partial charge in [-0.3, -0.25) is 0 Å². The van der Waals surface area contributed by atoms with Crippen LogP contribution in [-0.4, -0.2) is 5.11 Å². The van der Waals surface area contributed by atoms with E-state index in [1.807, 2.05) is 0 Å². The van der Waals surface area contributed by atoms with Gasteiger partial charge in [0.25, 0.3) is 0 Å². The van der Waals surface area contributed by atoms with E-state index >= 15 is 0 Å². The highest BCUT2D eigenvalue weighted by atomic mass is 79.9. The van der Waals surface area contributed by atoms with Crippen molar-refractivity contribution in [3.63, 3.8) is 0 Å². The van der Waals surface area contributed by atoms with Crippen LogP contribution in [0.5, 0.6) is 5.75 Å². The molecule has 0 saturated heterocycles. The second kappa shape index (κ2) is 2.87. The van der Waals surface area contributed by atoms with Gasteiger partial charge in [-0.25, -0.2) is 0 Å². The van der Waals surface area contributed by atoms with Crippen LogP contribution < -0.4 is 5.73 Å². The third-order valence-corrected chi connectivity index (χ3v) is 3.56. The summed E-state index contributed by atoms with van der Waals surface area (Å²) in [5.74, 6) is 0.219. The highest BCUT2D eigenvalue weighted by Crippen LogP contribution is 2.47. The highest BCUT2D eigenvalue weighted by Gasteiger charge is 2.42. The molecule has 70 valence electrons. The fraction of sp³-hybridized carbons (Fsp3) is 0.333. The largest absolute Gasteiger partial charge is 0.508 e. The number of nitrogens with two attached hydrogens (primary N) is 1. The van der Waals surface area contributed by atoms with E-state index in [0.717, 1.165) is 18.4 Å². The monoisotopic (exact) mass is 261 g/mol. The Balaban J connectivity index is 2.52. The van der Waals surface area contributed by atoms with E-state index < -0.39 is 0 Å². The van der Waals surface area contributed by atoms with Crippen molar-refractivity contribution in [1.82, 2.24) is 0 Å². The first-order valence-electron chi connectivity index (χ1n) is 4.00. The maximum atomic E-state index is 9.62. The molecule has 3 N–H and O–H groups in total. The summed E-state index contributed by atoms with van der Waals surface area (Å²) in [6, 6.07) is 3.32. The Bertz CT molecular complexity index is 363. The summed E-state index contributed by atoms with van der Waals surface area (Å²) < 4.78 is 0.694. The molecule has 0 aliphatic heterocycles. The molecule has 13 heavy (non-hydrogen) atoms. The number of benzene rings is 1. The minimum atomic E-state index is -0.339. The van der Waals surface area contributed by atoms with Gasteiger partial charge in [-0.2, -0.15) is 0 Å². The molecule has 2 rings (SSSR count). The summed E-state index contributed by atoms with van der Waals surface area (Å²) >= 11 is 9.14. The number of phenolic OH excluding ortho intramolecular Hbond substituents is 1. The lowest BCUT2D eigenvalue weighted by atomic mass is 10.1. The van der Waals surface area contributed by atoms with Crippen molar-refractivity contribution in [2.75, 3.05) is 0 Å². The number of hydrogen-bond donors (Lipinski definition) is 2. The number of phenols is 1. The molecular formula is C9H9BrClNO. The van der Waals surface area contributed by atoms with Crippen LogP contribution in [0, 0.1) is 0 Å². The lowest BCUT2D eigenvalue weighted by Gasteiger charge is -2.12. The van der Waals surface area contributed by atoms with Crippen LogP contribution in [0.2, 0.25) is 5.02 Å². The average molecular weight is 263 g/mol. The quantitative estimate of drug-likeness (QED) is 0.817. The topological polar surface area (TPSA) is 46.2 Å². The van der Waals surface area contributed by atoms with Crippen molar-refractivity contribution in [3.8, 4) is 5.75 Å². The number of halogens is 2. The first-order chi connectivity index (χ1) is 6.03. The Morgan fingerprint density at radius 2 is 2.08 bits per heavy atom. The normalized spacial score (nSPS) is 18.7. The molecule has 1 saturated carbocycles. The van der Waals surface area contributed by atoms with E-state index in [4.69, 9.17) is 17.3 Å². The SMILES string of the molecule is NC1(c2cc(Cl)c(Br)cc2O)CC1. The van der Waals surface area contributed by atoms with Crippen LogP contribution in [0.15, 0.2) is 16.6 Å². The van der Waals surface area contributed by atoms with E-state index in [2.05, 4.69) is 15.9 Å². The van der Waals surface area contributed by atoms with Gasteiger partial charge >= 0.3 is 0 Å². The van der Waals surface area contributed by atoms with E-state index in [1.54, 1.807) is 12.1 Å². The van der Waals surface area contributed by atoms with Gasteiger partial charge in [0, 0.05) is 15.6 Å². The van der Waals surface area contributed by atoms with Gasteiger partial charge in [-0.1, -0.05) is 11.6 Å². The summed E-state index contributed by atoms with van der Waals surface area (Å²) in [6.45, 7) is 0. The van der Waals surface area contributed by atoms with Crippen LogP contribution in [0.25, 0.3) is 0 Å². The van der Waals surface area contributed by atoms with Crippen molar-refractivity contribution in [2.24, 2.45) is 5.73 Å². The molecule has 1 aliphatic carbocycles. The van der Waals surface area contributed by atoms with Gasteiger partial charge in [0.15, 0.2) is 0 Å². The Morgan fingerprint density at radius 1 is 1.46 bits per heavy atom. The zero-order valence-corrected chi connectivity index (χ0v) is 9.19. The van der Waals surface area contributed by atoms with Gasteiger partial charge in [-0.05, 0) is 40.9 Å². The highest BCUT2D eigenvalue weighted by molar-refractivity contribution is 9.10. The molecule has 2 nitrogen and oxygen atoms in total. The van der Waals surface area contributed by atoms with Gasteiger partial charge in [-0.15, -0.1) is 0 Å². The van der Waals surface area contributed by atoms with Gasteiger partial charge < -0.3 is 10.8 Å². The van der Waals surface area contributed by atoms with Crippen LogP contribution >= 0.6 is 27.5 Å². The molecule has 0 spiro atoms. The molecule has 1 aromatic rings. The van der Waals surface area contributed by atoms with Crippen LogP contribution in [-0.2, 0) is 5.54 Å². The molecule has 0 bridgehead atoms. The minimum Gasteiger partial charge on any atom is -0.508 e. The maximum absolute atomic E-state index is 9.62. The van der Waals surface area contributed by atoms with Crippen molar-refractivity contribution in [3.05, 3.63) is 27.2 Å². The molecule has 0 aromatic heterocycles. The molecule has 4 heteroatoms. The van der Waals surface area contributed by atoms with Gasteiger partial charge in [0.2, 0.25) is 0 Å². The molecule has 1 aromatic carbocycles. The van der Waals surface area contributed by atoms with Crippen molar-refractivity contribution in [2.45, 2.75) is 18.4 Å². The Morgan fingerprint density at radius 3 is 2.62 bits per heavy atom. The van der Waals surface area contributed by atoms with Crippen LogP contribution in [0.1, 0.15) is 18.4 Å². The smallest absolute Gasteiger partial charge is 0.121 e. The number of aromatic hydroxyl groups is 1. The predicted octanol–water partition coefficient (Wildman–Crippen LogP) is 2.76. The Labute approximate surface area is 89.8 Å². The number of hydrogen-bond acceptors (Lipinski definition) is 2. The number of rotatable bonds is 1. The van der Waals surface area contributed by atoms with Crippen molar-refractivity contribution >= 4 is 27.5 Å². The van der Waals surface area contributed by atoms with E-state index in [0.29, 0.717) is 9.50 Å². The molecule has 0 atom stereocenters. The molecule has 1 fully saturated rings. The second-order valence-electron chi connectivity index (χ2n) is 3.44. The fourth-order valence-electron chi connectivity index (χ4n) is 1.34. The Kier molecular flexibility index (Phi) is 2.06. The molecule has 0 amide bonds. The van der Waals surface area contributed by atoms with Crippen LogP contribution in [0.3, 0.4) is 0 Å². The lowest BCUT2D eigenvalue weighted by Crippen LogP contribution is -2.18. The minimum absolute atomic E-state index is 0.219. The second-order valence-corrected chi connectivity index (χ2v) is 4.70. The van der Waals surface area contributed by atoms with E-state index in [-0.39, 0.29) is 11.3 Å². The zero-order chi connectivity index (χ0) is 9.64. The molecular weight excluding hydrogens is 253 g/mol. The summed E-state index contributed by atoms with van der Waals surface area (Å²) in [7, 11) is 0. The maximum Gasteiger partial charge on any atom is 0.121 e. The fourth-order valence-corrected chi connectivity index (χ4v) is 1.83. The third-order valence-electron chi connectivity index (χ3n) is 2.36. The first kappa shape index (κ1) is 9.31. The molecule has 0 unspecified atom stereocenters. The van der Waals surface area contributed by atoms with Gasteiger partial charge in [0.05, 0.1) is 5.02 Å². The lowest BCUT2D eigenvalue weighted by molar-refractivity contribution is 0.459. The van der Waals surface area contributed by atoms with Gasteiger partial charge in [0.1, 0.15) is 5.75 Å². The average Bonchev–Trinajstić information content (AvgIpc) is 2.77. The summed E-state index contributed by atoms with van der Waals surface area (Å²) in [4.78, 5) is 0. The zero-order valence-electron chi connectivity index (χ0n) is 6.85. The van der Waals surface area contributed by atoms with Crippen LogP contribution in [0.4, 0.5) is 0 Å². The standard InChI is InChI=1S/C9H9BrClNO/c10-6-4-8(13)5(3-7(6)11)9(12)1-2-9/h3-4,13H,1-2,12H2. The summed E-state index contributed by atoms with van der Waals surface area (Å²) in [5.41, 5.74) is 6.37. The van der Waals surface area contributed by atoms with E-state index in [1.165, 1.54) is 0 Å². The third kappa shape index (κ3) is 1.56. The Hall–Kier alpha value is -0.250. The molecule has 1 aliphatic rings. The van der Waals surface area contributed by atoms with Crippen molar-refractivity contribution < 1.29 is 5.11 Å². The summed E-state index contributed by atoms with van der Waals surface area (Å²) in [5, 5.41) is 10.2. The predicted molar refractivity (Wildman–Crippen MR) is 55.9 cm³/mol. The van der Waals surface area contributed by atoms with Crippen molar-refractivity contribution in [1.29, 1.82) is 0 Å². The summed E-state index contributed by atoms with van der Waals surface area (Å²) in [6.07, 6.45) is 1.83. The molecule has 0 radical (unpaired) electrons. The van der Waals surface area contributed by atoms with E-state index in [9.17, 15) is 5.11 Å².